The van der Waals surface area contributed by atoms with E-state index in [0.717, 1.165) is 44.9 Å². The minimum atomic E-state index is -3.47. The van der Waals surface area contributed by atoms with Crippen LogP contribution in [-0.2, 0) is 14.8 Å². The van der Waals surface area contributed by atoms with Crippen LogP contribution in [-0.4, -0.2) is 49.6 Å². The van der Waals surface area contributed by atoms with Crippen LogP contribution in [0.4, 0.5) is 0 Å². The van der Waals surface area contributed by atoms with Crippen molar-refractivity contribution in [1.82, 2.24) is 9.62 Å². The van der Waals surface area contributed by atoms with Gasteiger partial charge in [0.2, 0.25) is 15.9 Å². The number of rotatable bonds is 6. The van der Waals surface area contributed by atoms with E-state index < -0.39 is 20.8 Å². The van der Waals surface area contributed by atoms with Crippen LogP contribution in [0.2, 0.25) is 0 Å². The van der Waals surface area contributed by atoms with Gasteiger partial charge in [0.25, 0.3) is 0 Å². The van der Waals surface area contributed by atoms with Crippen molar-refractivity contribution in [2.75, 3.05) is 19.6 Å². The SMILES string of the molecule is CC(CN)(NS(=O)(=O)C1CCCN(C(=O)C2CCCC2)C1)C1CC1.Cl. The smallest absolute Gasteiger partial charge is 0.225 e. The van der Waals surface area contributed by atoms with Gasteiger partial charge >= 0.3 is 0 Å². The van der Waals surface area contributed by atoms with Crippen LogP contribution in [0.1, 0.15) is 58.3 Å². The Hall–Kier alpha value is -0.370. The zero-order chi connectivity index (χ0) is 17.4. The molecule has 1 amide bonds. The summed E-state index contributed by atoms with van der Waals surface area (Å²) < 4.78 is 28.6. The summed E-state index contributed by atoms with van der Waals surface area (Å²) in [6.07, 6.45) is 7.59. The second-order valence-corrected chi connectivity index (χ2v) is 10.0. The number of nitrogens with zero attached hydrogens (tertiary/aromatic N) is 1. The highest BCUT2D eigenvalue weighted by Gasteiger charge is 2.45. The number of likely N-dealkylation sites (tertiary alicyclic amines) is 1. The number of halogens is 1. The Morgan fingerprint density at radius 1 is 1.16 bits per heavy atom. The fourth-order valence-corrected chi connectivity index (χ4v) is 6.16. The molecule has 3 N–H and O–H groups in total. The van der Waals surface area contributed by atoms with Crippen LogP contribution < -0.4 is 10.5 Å². The van der Waals surface area contributed by atoms with Gasteiger partial charge in [0, 0.05) is 31.1 Å². The number of piperidine rings is 1. The first-order valence-electron chi connectivity index (χ1n) is 9.37. The number of nitrogens with one attached hydrogen (secondary N) is 1. The molecule has 2 atom stereocenters. The maximum Gasteiger partial charge on any atom is 0.225 e. The van der Waals surface area contributed by atoms with Gasteiger partial charge < -0.3 is 10.6 Å². The molecule has 0 aromatic heterocycles. The summed E-state index contributed by atoms with van der Waals surface area (Å²) in [5.74, 6) is 0.619. The van der Waals surface area contributed by atoms with Crippen LogP contribution in [0.15, 0.2) is 0 Å². The van der Waals surface area contributed by atoms with Crippen molar-refractivity contribution in [2.45, 2.75) is 69.1 Å². The molecule has 2 aliphatic carbocycles. The number of hydrogen-bond donors (Lipinski definition) is 2. The normalized spacial score (nSPS) is 27.6. The lowest BCUT2D eigenvalue weighted by molar-refractivity contribution is -0.136. The van der Waals surface area contributed by atoms with E-state index in [-0.39, 0.29) is 24.2 Å². The van der Waals surface area contributed by atoms with Gasteiger partial charge in [0.05, 0.1) is 5.25 Å². The van der Waals surface area contributed by atoms with Gasteiger partial charge in [-0.3, -0.25) is 4.79 Å². The van der Waals surface area contributed by atoms with E-state index in [2.05, 4.69) is 4.72 Å². The van der Waals surface area contributed by atoms with E-state index in [1.54, 1.807) is 4.90 Å². The molecule has 1 heterocycles. The number of carbonyl (C=O) groups is 1. The molecule has 0 aromatic carbocycles. The molecule has 146 valence electrons. The maximum absolute atomic E-state index is 12.9. The van der Waals surface area contributed by atoms with Gasteiger partial charge in [-0.1, -0.05) is 12.8 Å². The maximum atomic E-state index is 12.9. The molecule has 3 aliphatic rings. The van der Waals surface area contributed by atoms with Gasteiger partial charge in [-0.25, -0.2) is 13.1 Å². The lowest BCUT2D eigenvalue weighted by Crippen LogP contribution is -2.58. The molecular weight excluding hydrogens is 362 g/mol. The average molecular weight is 394 g/mol. The summed E-state index contributed by atoms with van der Waals surface area (Å²) in [7, 11) is -3.47. The number of sulfonamides is 1. The topological polar surface area (TPSA) is 92.5 Å². The van der Waals surface area contributed by atoms with E-state index in [0.29, 0.717) is 32.0 Å². The summed E-state index contributed by atoms with van der Waals surface area (Å²) in [6, 6.07) is 0. The summed E-state index contributed by atoms with van der Waals surface area (Å²) in [6.45, 7) is 3.24. The first-order chi connectivity index (χ1) is 11.4. The molecule has 3 rings (SSSR count). The molecule has 2 saturated carbocycles. The number of nitrogens with two attached hydrogens (primary N) is 1. The van der Waals surface area contributed by atoms with E-state index in [1.807, 2.05) is 6.92 Å². The van der Waals surface area contributed by atoms with Crippen molar-refractivity contribution in [1.29, 1.82) is 0 Å². The van der Waals surface area contributed by atoms with Crippen molar-refractivity contribution in [2.24, 2.45) is 17.6 Å². The monoisotopic (exact) mass is 393 g/mol. The fourth-order valence-electron chi connectivity index (χ4n) is 4.24. The third-order valence-corrected chi connectivity index (χ3v) is 8.12. The predicted molar refractivity (Wildman–Crippen MR) is 101 cm³/mol. The van der Waals surface area contributed by atoms with Gasteiger partial charge in [-0.15, -0.1) is 12.4 Å². The quantitative estimate of drug-likeness (QED) is 0.717. The van der Waals surface area contributed by atoms with Gasteiger partial charge in [0.1, 0.15) is 0 Å². The van der Waals surface area contributed by atoms with E-state index in [4.69, 9.17) is 5.73 Å². The second kappa shape index (κ2) is 8.11. The van der Waals surface area contributed by atoms with Crippen molar-refractivity contribution < 1.29 is 13.2 Å². The first kappa shape index (κ1) is 20.9. The standard InChI is InChI=1S/C17H31N3O3S.ClH/c1-17(12-18,14-8-9-14)19-24(22,23)15-7-4-10-20(11-15)16(21)13-5-2-3-6-13;/h13-15,19H,2-12,18H2,1H3;1H. The molecule has 2 unspecified atom stereocenters. The molecule has 0 bridgehead atoms. The summed E-state index contributed by atoms with van der Waals surface area (Å²) >= 11 is 0. The minimum Gasteiger partial charge on any atom is -0.341 e. The lowest BCUT2D eigenvalue weighted by atomic mass is 9.98. The van der Waals surface area contributed by atoms with Crippen LogP contribution in [0.3, 0.4) is 0 Å². The van der Waals surface area contributed by atoms with Crippen molar-refractivity contribution in [3.8, 4) is 0 Å². The third-order valence-electron chi connectivity index (χ3n) is 6.11. The highest BCUT2D eigenvalue weighted by Crippen LogP contribution is 2.39. The van der Waals surface area contributed by atoms with Crippen molar-refractivity contribution in [3.63, 3.8) is 0 Å². The Morgan fingerprint density at radius 3 is 2.36 bits per heavy atom. The lowest BCUT2D eigenvalue weighted by Gasteiger charge is -2.37. The number of carbonyl (C=O) groups excluding carboxylic acids is 1. The molecule has 1 saturated heterocycles. The van der Waals surface area contributed by atoms with Crippen LogP contribution >= 0.6 is 12.4 Å². The Labute approximate surface area is 157 Å². The molecule has 3 fully saturated rings. The Kier molecular flexibility index (Phi) is 6.79. The molecule has 6 nitrogen and oxygen atoms in total. The highest BCUT2D eigenvalue weighted by molar-refractivity contribution is 7.90. The van der Waals surface area contributed by atoms with Crippen molar-refractivity contribution >= 4 is 28.3 Å². The van der Waals surface area contributed by atoms with E-state index in [1.165, 1.54) is 0 Å². The van der Waals surface area contributed by atoms with E-state index >= 15 is 0 Å². The number of hydrogen-bond acceptors (Lipinski definition) is 4. The number of amides is 1. The van der Waals surface area contributed by atoms with Gasteiger partial charge in [0.15, 0.2) is 0 Å². The average Bonchev–Trinajstić information content (AvgIpc) is 3.30. The summed E-state index contributed by atoms with van der Waals surface area (Å²) in [5, 5.41) is -0.513. The largest absolute Gasteiger partial charge is 0.341 e. The van der Waals surface area contributed by atoms with Crippen LogP contribution in [0.5, 0.6) is 0 Å². The molecule has 1 aliphatic heterocycles. The van der Waals surface area contributed by atoms with Crippen LogP contribution in [0.25, 0.3) is 0 Å². The zero-order valence-corrected chi connectivity index (χ0v) is 16.7. The summed E-state index contributed by atoms with van der Waals surface area (Å²) in [5.41, 5.74) is 5.31. The molecule has 25 heavy (non-hydrogen) atoms. The van der Waals surface area contributed by atoms with Crippen molar-refractivity contribution in [3.05, 3.63) is 0 Å². The van der Waals surface area contributed by atoms with E-state index in [9.17, 15) is 13.2 Å². The van der Waals surface area contributed by atoms with Crippen LogP contribution in [0, 0.1) is 11.8 Å². The Bertz CT molecular complexity index is 576. The Balaban J connectivity index is 0.00000225. The third kappa shape index (κ3) is 4.67. The van der Waals surface area contributed by atoms with Gasteiger partial charge in [-0.05, 0) is 51.4 Å². The molecule has 0 aromatic rings. The predicted octanol–water partition coefficient (Wildman–Crippen LogP) is 1.64. The second-order valence-electron chi connectivity index (χ2n) is 8.07. The Morgan fingerprint density at radius 2 is 1.80 bits per heavy atom. The molecule has 0 spiro atoms. The molecular formula is C17H32ClN3O3S. The first-order valence-corrected chi connectivity index (χ1v) is 10.9. The highest BCUT2D eigenvalue weighted by atomic mass is 35.5. The summed E-state index contributed by atoms with van der Waals surface area (Å²) in [4.78, 5) is 14.4. The molecule has 0 radical (unpaired) electrons. The zero-order valence-electron chi connectivity index (χ0n) is 15.1. The van der Waals surface area contributed by atoms with Gasteiger partial charge in [-0.2, -0.15) is 0 Å². The minimum absolute atomic E-state index is 0. The fraction of sp³-hybridized carbons (Fsp3) is 0.941. The molecule has 8 heteroatoms.